The van der Waals surface area contributed by atoms with Crippen LogP contribution in [0.3, 0.4) is 0 Å². The van der Waals surface area contributed by atoms with Crippen LogP contribution in [-0.2, 0) is 9.53 Å². The summed E-state index contributed by atoms with van der Waals surface area (Å²) in [4.78, 5) is 21.8. The van der Waals surface area contributed by atoms with Crippen LogP contribution in [0.1, 0.15) is 11.5 Å². The Morgan fingerprint density at radius 1 is 1.25 bits per heavy atom. The van der Waals surface area contributed by atoms with Crippen molar-refractivity contribution in [1.29, 1.82) is 0 Å². The van der Waals surface area contributed by atoms with Gasteiger partial charge in [-0.1, -0.05) is 12.1 Å². The monoisotopic (exact) mass is 336 g/mol. The van der Waals surface area contributed by atoms with Crippen LogP contribution in [-0.4, -0.2) is 24.5 Å². The van der Waals surface area contributed by atoms with Gasteiger partial charge in [0.05, 0.1) is 29.7 Å². The van der Waals surface area contributed by atoms with Gasteiger partial charge in [0.15, 0.2) is 5.82 Å². The molecule has 2 aromatic carbocycles. The van der Waals surface area contributed by atoms with Gasteiger partial charge < -0.3 is 10.1 Å². The Kier molecular flexibility index (Phi) is 5.41. The topological polar surface area (TPSA) is 81.5 Å². The summed E-state index contributed by atoms with van der Waals surface area (Å²) in [6.45, 7) is -0.0208. The average Bonchev–Trinajstić information content (AvgIpc) is 2.57. The number of non-ortho nitro benzene ring substituents is 1. The maximum Gasteiger partial charge on any atom is 0.314 e. The molecule has 1 N–H and O–H groups in total. The van der Waals surface area contributed by atoms with E-state index in [1.165, 1.54) is 37.4 Å². The Morgan fingerprint density at radius 2 is 1.92 bits per heavy atom. The number of anilines is 1. The second-order valence-corrected chi connectivity index (χ2v) is 4.93. The van der Waals surface area contributed by atoms with E-state index in [-0.39, 0.29) is 17.9 Å². The van der Waals surface area contributed by atoms with Crippen molar-refractivity contribution in [3.63, 3.8) is 0 Å². The lowest BCUT2D eigenvalue weighted by Gasteiger charge is -2.17. The van der Waals surface area contributed by atoms with E-state index in [0.717, 1.165) is 12.1 Å². The van der Waals surface area contributed by atoms with Crippen molar-refractivity contribution in [2.75, 3.05) is 19.0 Å². The lowest BCUT2D eigenvalue weighted by Crippen LogP contribution is -2.23. The number of nitrogens with zero attached hydrogens (tertiary/aromatic N) is 1. The molecule has 8 heteroatoms. The van der Waals surface area contributed by atoms with Crippen LogP contribution in [0.5, 0.6) is 0 Å². The number of carbonyl (C=O) groups is 1. The Hall–Kier alpha value is -3.03. The van der Waals surface area contributed by atoms with Crippen molar-refractivity contribution in [2.24, 2.45) is 0 Å². The highest BCUT2D eigenvalue weighted by Crippen LogP contribution is 2.23. The first kappa shape index (κ1) is 17.3. The van der Waals surface area contributed by atoms with Crippen LogP contribution < -0.4 is 5.32 Å². The SMILES string of the molecule is COC(=O)C(CNc1ccc([N+](=O)[O-])cc1F)c1ccc(F)cc1. The zero-order chi connectivity index (χ0) is 17.7. The van der Waals surface area contributed by atoms with Crippen molar-refractivity contribution in [3.05, 3.63) is 69.8 Å². The number of carbonyl (C=O) groups excluding carboxylic acids is 1. The quantitative estimate of drug-likeness (QED) is 0.497. The van der Waals surface area contributed by atoms with E-state index in [1.54, 1.807) is 0 Å². The second-order valence-electron chi connectivity index (χ2n) is 4.93. The third-order valence-electron chi connectivity index (χ3n) is 3.42. The first-order valence-corrected chi connectivity index (χ1v) is 6.93. The van der Waals surface area contributed by atoms with Crippen molar-refractivity contribution in [1.82, 2.24) is 0 Å². The van der Waals surface area contributed by atoms with E-state index in [2.05, 4.69) is 5.32 Å². The zero-order valence-corrected chi connectivity index (χ0v) is 12.7. The minimum Gasteiger partial charge on any atom is -0.468 e. The van der Waals surface area contributed by atoms with Gasteiger partial charge in [-0.2, -0.15) is 0 Å². The lowest BCUT2D eigenvalue weighted by molar-refractivity contribution is -0.385. The molecule has 0 fully saturated rings. The third kappa shape index (κ3) is 4.03. The van der Waals surface area contributed by atoms with Gasteiger partial charge in [-0.05, 0) is 23.8 Å². The number of halogens is 2. The molecule has 0 saturated carbocycles. The molecule has 24 heavy (non-hydrogen) atoms. The molecule has 0 aliphatic rings. The summed E-state index contributed by atoms with van der Waals surface area (Å²) in [6, 6.07) is 8.43. The van der Waals surface area contributed by atoms with Gasteiger partial charge in [0.25, 0.3) is 5.69 Å². The van der Waals surface area contributed by atoms with Gasteiger partial charge in [0.2, 0.25) is 0 Å². The molecule has 2 aromatic rings. The highest BCUT2D eigenvalue weighted by atomic mass is 19.1. The summed E-state index contributed by atoms with van der Waals surface area (Å²) < 4.78 is 31.6. The Morgan fingerprint density at radius 3 is 2.46 bits per heavy atom. The molecule has 0 bridgehead atoms. The van der Waals surface area contributed by atoms with Gasteiger partial charge >= 0.3 is 5.97 Å². The number of hydrogen-bond acceptors (Lipinski definition) is 5. The van der Waals surface area contributed by atoms with Gasteiger partial charge in [0, 0.05) is 12.6 Å². The number of hydrogen-bond donors (Lipinski definition) is 1. The summed E-state index contributed by atoms with van der Waals surface area (Å²) in [5, 5.41) is 13.3. The zero-order valence-electron chi connectivity index (χ0n) is 12.7. The van der Waals surface area contributed by atoms with Crippen molar-refractivity contribution in [2.45, 2.75) is 5.92 Å². The fourth-order valence-corrected chi connectivity index (χ4v) is 2.15. The number of benzene rings is 2. The summed E-state index contributed by atoms with van der Waals surface area (Å²) in [7, 11) is 1.21. The molecular weight excluding hydrogens is 322 g/mol. The average molecular weight is 336 g/mol. The second kappa shape index (κ2) is 7.49. The van der Waals surface area contributed by atoms with E-state index in [4.69, 9.17) is 4.74 Å². The number of methoxy groups -OCH3 is 1. The molecule has 126 valence electrons. The first-order valence-electron chi connectivity index (χ1n) is 6.93. The smallest absolute Gasteiger partial charge is 0.314 e. The van der Waals surface area contributed by atoms with E-state index < -0.39 is 28.4 Å². The maximum atomic E-state index is 13.9. The molecule has 0 aliphatic carbocycles. The molecule has 0 saturated heterocycles. The van der Waals surface area contributed by atoms with Gasteiger partial charge in [0.1, 0.15) is 5.82 Å². The minimum absolute atomic E-state index is 0.0108. The normalized spacial score (nSPS) is 11.6. The highest BCUT2D eigenvalue weighted by molar-refractivity contribution is 5.79. The number of nitrogens with one attached hydrogen (secondary N) is 1. The molecule has 1 atom stereocenters. The van der Waals surface area contributed by atoms with Gasteiger partial charge in [-0.15, -0.1) is 0 Å². The Balaban J connectivity index is 2.17. The van der Waals surface area contributed by atoms with Crippen LogP contribution in [0.15, 0.2) is 42.5 Å². The van der Waals surface area contributed by atoms with E-state index in [0.29, 0.717) is 5.56 Å². The molecule has 0 aliphatic heterocycles. The molecule has 0 heterocycles. The summed E-state index contributed by atoms with van der Waals surface area (Å²) in [6.07, 6.45) is 0. The Labute approximate surface area is 136 Å². The first-order chi connectivity index (χ1) is 11.4. The largest absolute Gasteiger partial charge is 0.468 e. The minimum atomic E-state index is -0.813. The fourth-order valence-electron chi connectivity index (χ4n) is 2.15. The maximum absolute atomic E-state index is 13.9. The third-order valence-corrected chi connectivity index (χ3v) is 3.42. The molecule has 1 unspecified atom stereocenters. The summed E-state index contributed by atoms with van der Waals surface area (Å²) in [5.74, 6) is -2.62. The standard InChI is InChI=1S/C16H14F2N2O4/c1-24-16(21)13(10-2-4-11(17)5-3-10)9-19-15-7-6-12(20(22)23)8-14(15)18/h2-8,13,19H,9H2,1H3. The van der Waals surface area contributed by atoms with E-state index in [1.807, 2.05) is 0 Å². The van der Waals surface area contributed by atoms with Crippen molar-refractivity contribution >= 4 is 17.3 Å². The summed E-state index contributed by atoms with van der Waals surface area (Å²) >= 11 is 0. The van der Waals surface area contributed by atoms with Gasteiger partial charge in [-0.3, -0.25) is 14.9 Å². The number of nitro groups is 1. The van der Waals surface area contributed by atoms with Crippen LogP contribution in [0.2, 0.25) is 0 Å². The molecule has 0 aromatic heterocycles. The van der Waals surface area contributed by atoms with Crippen LogP contribution in [0, 0.1) is 21.7 Å². The summed E-state index contributed by atoms with van der Waals surface area (Å²) in [5.41, 5.74) is 0.135. The molecule has 0 amide bonds. The number of ether oxygens (including phenoxy) is 1. The lowest BCUT2D eigenvalue weighted by atomic mass is 9.99. The van der Waals surface area contributed by atoms with E-state index >= 15 is 0 Å². The molecule has 2 rings (SSSR count). The predicted molar refractivity (Wildman–Crippen MR) is 82.7 cm³/mol. The molecule has 0 spiro atoms. The number of esters is 1. The molecule has 6 nitrogen and oxygen atoms in total. The highest BCUT2D eigenvalue weighted by Gasteiger charge is 2.22. The molecular formula is C16H14F2N2O4. The van der Waals surface area contributed by atoms with Crippen molar-refractivity contribution < 1.29 is 23.2 Å². The van der Waals surface area contributed by atoms with Crippen LogP contribution in [0.25, 0.3) is 0 Å². The van der Waals surface area contributed by atoms with Gasteiger partial charge in [-0.25, -0.2) is 8.78 Å². The van der Waals surface area contributed by atoms with Crippen molar-refractivity contribution in [3.8, 4) is 0 Å². The van der Waals surface area contributed by atoms with E-state index in [9.17, 15) is 23.7 Å². The number of rotatable bonds is 6. The van der Waals surface area contributed by atoms with Crippen LogP contribution in [0.4, 0.5) is 20.2 Å². The predicted octanol–water partition coefficient (Wildman–Crippen LogP) is 3.24. The fraction of sp³-hybridized carbons (Fsp3) is 0.188. The van der Waals surface area contributed by atoms with Crippen LogP contribution >= 0.6 is 0 Å². The number of nitro benzene ring substituents is 1. The molecule has 0 radical (unpaired) electrons. The Bertz CT molecular complexity index is 750.